The minimum Gasteiger partial charge on any atom is -0.468 e. The van der Waals surface area contributed by atoms with Gasteiger partial charge in [-0.05, 0) is 44.2 Å². The Hall–Kier alpha value is -0.760. The van der Waals surface area contributed by atoms with E-state index >= 15 is 0 Å². The highest BCUT2D eigenvalue weighted by Gasteiger charge is 2.22. The van der Waals surface area contributed by atoms with Crippen molar-refractivity contribution in [2.45, 2.75) is 70.9 Å². The van der Waals surface area contributed by atoms with Crippen molar-refractivity contribution in [3.63, 3.8) is 0 Å². The first-order chi connectivity index (χ1) is 8.81. The Labute approximate surface area is 111 Å². The van der Waals surface area contributed by atoms with E-state index in [1.807, 2.05) is 6.07 Å². The van der Waals surface area contributed by atoms with Crippen molar-refractivity contribution in [2.24, 2.45) is 5.92 Å². The van der Waals surface area contributed by atoms with E-state index in [0.29, 0.717) is 12.1 Å². The van der Waals surface area contributed by atoms with E-state index in [2.05, 4.69) is 25.2 Å². The molecule has 2 heteroatoms. The number of hydrogen-bond acceptors (Lipinski definition) is 2. The van der Waals surface area contributed by atoms with Crippen molar-refractivity contribution in [1.82, 2.24) is 5.32 Å². The van der Waals surface area contributed by atoms with Gasteiger partial charge in [0.15, 0.2) is 0 Å². The fourth-order valence-corrected chi connectivity index (χ4v) is 3.16. The van der Waals surface area contributed by atoms with Crippen molar-refractivity contribution in [3.8, 4) is 0 Å². The average molecular weight is 249 g/mol. The molecule has 0 aromatic carbocycles. The minimum absolute atomic E-state index is 0.373. The largest absolute Gasteiger partial charge is 0.468 e. The Kier molecular flexibility index (Phi) is 5.30. The lowest BCUT2D eigenvalue weighted by Gasteiger charge is -2.27. The van der Waals surface area contributed by atoms with Crippen molar-refractivity contribution in [3.05, 3.63) is 24.2 Å². The van der Waals surface area contributed by atoms with E-state index in [1.165, 1.54) is 38.5 Å². The normalized spacial score (nSPS) is 21.4. The second kappa shape index (κ2) is 6.98. The van der Waals surface area contributed by atoms with Crippen LogP contribution in [0.3, 0.4) is 0 Å². The van der Waals surface area contributed by atoms with Crippen molar-refractivity contribution in [1.29, 1.82) is 0 Å². The molecule has 0 aliphatic heterocycles. The third kappa shape index (κ3) is 3.61. The maximum Gasteiger partial charge on any atom is 0.120 e. The van der Waals surface area contributed by atoms with Crippen LogP contribution in [0.5, 0.6) is 0 Å². The molecule has 1 unspecified atom stereocenters. The van der Waals surface area contributed by atoms with Crippen LogP contribution in [0.25, 0.3) is 0 Å². The summed E-state index contributed by atoms with van der Waals surface area (Å²) in [5, 5.41) is 3.77. The standard InChI is InChI=1S/C16H27NO/c1-3-15(16-11-8-12-18-16)17-13(2)14-9-6-4-5-7-10-14/h8,11-15,17H,3-7,9-10H2,1-2H3/t13-,15?/m1/s1. The van der Waals surface area contributed by atoms with Gasteiger partial charge in [0.25, 0.3) is 0 Å². The second-order valence-corrected chi connectivity index (χ2v) is 5.68. The third-order valence-electron chi connectivity index (χ3n) is 4.37. The molecule has 1 fully saturated rings. The first-order valence-corrected chi connectivity index (χ1v) is 7.60. The lowest BCUT2D eigenvalue weighted by molar-refractivity contribution is 0.287. The summed E-state index contributed by atoms with van der Waals surface area (Å²) in [4.78, 5) is 0. The summed E-state index contributed by atoms with van der Waals surface area (Å²) < 4.78 is 5.54. The molecule has 1 aromatic heterocycles. The highest BCUT2D eigenvalue weighted by Crippen LogP contribution is 2.27. The third-order valence-corrected chi connectivity index (χ3v) is 4.37. The molecule has 102 valence electrons. The van der Waals surface area contributed by atoms with E-state index in [0.717, 1.165) is 18.1 Å². The quantitative estimate of drug-likeness (QED) is 0.766. The molecule has 0 amide bonds. The van der Waals surface area contributed by atoms with E-state index < -0.39 is 0 Å². The van der Waals surface area contributed by atoms with Crippen LogP contribution >= 0.6 is 0 Å². The summed E-state index contributed by atoms with van der Waals surface area (Å²) in [5.41, 5.74) is 0. The predicted molar refractivity (Wildman–Crippen MR) is 75.5 cm³/mol. The SMILES string of the molecule is CCC(N[C@H](C)C1CCCCCC1)c1ccco1. The van der Waals surface area contributed by atoms with Gasteiger partial charge in [0.2, 0.25) is 0 Å². The van der Waals surface area contributed by atoms with Crippen LogP contribution in [0.1, 0.15) is 70.6 Å². The van der Waals surface area contributed by atoms with Crippen LogP contribution in [-0.2, 0) is 0 Å². The van der Waals surface area contributed by atoms with Gasteiger partial charge in [0, 0.05) is 6.04 Å². The van der Waals surface area contributed by atoms with Crippen LogP contribution in [0.4, 0.5) is 0 Å². The lowest BCUT2D eigenvalue weighted by Crippen LogP contribution is -2.36. The molecule has 2 rings (SSSR count). The molecule has 2 atom stereocenters. The molecule has 1 heterocycles. The van der Waals surface area contributed by atoms with Crippen LogP contribution < -0.4 is 5.32 Å². The molecule has 18 heavy (non-hydrogen) atoms. The maximum atomic E-state index is 5.54. The molecule has 1 aromatic rings. The van der Waals surface area contributed by atoms with Gasteiger partial charge in [-0.25, -0.2) is 0 Å². The van der Waals surface area contributed by atoms with Gasteiger partial charge in [-0.15, -0.1) is 0 Å². The van der Waals surface area contributed by atoms with Gasteiger partial charge in [0.1, 0.15) is 5.76 Å². The first-order valence-electron chi connectivity index (χ1n) is 7.60. The van der Waals surface area contributed by atoms with Gasteiger partial charge < -0.3 is 9.73 Å². The molecule has 0 bridgehead atoms. The van der Waals surface area contributed by atoms with E-state index in [9.17, 15) is 0 Å². The van der Waals surface area contributed by atoms with E-state index in [4.69, 9.17) is 4.42 Å². The Morgan fingerprint density at radius 3 is 2.56 bits per heavy atom. The smallest absolute Gasteiger partial charge is 0.120 e. The average Bonchev–Trinajstić information content (AvgIpc) is 2.77. The van der Waals surface area contributed by atoms with Gasteiger partial charge in [0.05, 0.1) is 12.3 Å². The fraction of sp³-hybridized carbons (Fsp3) is 0.750. The Bertz CT molecular complexity index is 312. The minimum atomic E-state index is 0.373. The molecule has 1 N–H and O–H groups in total. The summed E-state index contributed by atoms with van der Waals surface area (Å²) in [6.45, 7) is 4.57. The molecule has 0 saturated heterocycles. The van der Waals surface area contributed by atoms with Crippen LogP contribution in [0.2, 0.25) is 0 Å². The predicted octanol–water partition coefficient (Wildman–Crippen LogP) is 4.68. The Balaban J connectivity index is 1.90. The van der Waals surface area contributed by atoms with Crippen LogP contribution in [0, 0.1) is 5.92 Å². The molecule has 2 nitrogen and oxygen atoms in total. The summed E-state index contributed by atoms with van der Waals surface area (Å²) in [6.07, 6.45) is 11.3. The van der Waals surface area contributed by atoms with Gasteiger partial charge >= 0.3 is 0 Å². The molecular formula is C16H27NO. The number of nitrogens with one attached hydrogen (secondary N) is 1. The Morgan fingerprint density at radius 2 is 2.00 bits per heavy atom. The second-order valence-electron chi connectivity index (χ2n) is 5.68. The molecule has 1 aliphatic carbocycles. The lowest BCUT2D eigenvalue weighted by atomic mass is 9.92. The van der Waals surface area contributed by atoms with Crippen LogP contribution in [0.15, 0.2) is 22.8 Å². The van der Waals surface area contributed by atoms with E-state index in [1.54, 1.807) is 6.26 Å². The Morgan fingerprint density at radius 1 is 1.28 bits per heavy atom. The number of rotatable bonds is 5. The molecule has 0 radical (unpaired) electrons. The summed E-state index contributed by atoms with van der Waals surface area (Å²) in [6, 6.07) is 5.04. The van der Waals surface area contributed by atoms with Gasteiger partial charge in [-0.3, -0.25) is 0 Å². The zero-order chi connectivity index (χ0) is 12.8. The zero-order valence-corrected chi connectivity index (χ0v) is 11.8. The fourth-order valence-electron chi connectivity index (χ4n) is 3.16. The van der Waals surface area contributed by atoms with Crippen molar-refractivity contribution < 1.29 is 4.42 Å². The highest BCUT2D eigenvalue weighted by atomic mass is 16.3. The van der Waals surface area contributed by atoms with E-state index in [-0.39, 0.29) is 0 Å². The van der Waals surface area contributed by atoms with Gasteiger partial charge in [-0.1, -0.05) is 32.6 Å². The summed E-state index contributed by atoms with van der Waals surface area (Å²) in [7, 11) is 0. The van der Waals surface area contributed by atoms with Crippen LogP contribution in [-0.4, -0.2) is 6.04 Å². The van der Waals surface area contributed by atoms with Crippen molar-refractivity contribution in [2.75, 3.05) is 0 Å². The molecule has 1 aliphatic rings. The number of furan rings is 1. The topological polar surface area (TPSA) is 25.2 Å². The van der Waals surface area contributed by atoms with Crippen molar-refractivity contribution >= 4 is 0 Å². The summed E-state index contributed by atoms with van der Waals surface area (Å²) >= 11 is 0. The van der Waals surface area contributed by atoms with Gasteiger partial charge in [-0.2, -0.15) is 0 Å². The monoisotopic (exact) mass is 249 g/mol. The number of hydrogen-bond donors (Lipinski definition) is 1. The molecular weight excluding hydrogens is 222 g/mol. The maximum absolute atomic E-state index is 5.54. The first kappa shape index (κ1) is 13.7. The molecule has 1 saturated carbocycles. The zero-order valence-electron chi connectivity index (χ0n) is 11.8. The molecule has 0 spiro atoms. The highest BCUT2D eigenvalue weighted by molar-refractivity contribution is 5.04. The summed E-state index contributed by atoms with van der Waals surface area (Å²) in [5.74, 6) is 1.93.